The number of aryl methyl sites for hydroxylation is 1. The maximum Gasteiger partial charge on any atom is 0.432 e. The largest absolute Gasteiger partial charge is 0.432 e. The zero-order valence-electron chi connectivity index (χ0n) is 18.6. The molecule has 6 bridgehead atoms. The summed E-state index contributed by atoms with van der Waals surface area (Å²) in [5.41, 5.74) is -0.435. The summed E-state index contributed by atoms with van der Waals surface area (Å²) in [7, 11) is 0. The lowest BCUT2D eigenvalue weighted by Crippen LogP contribution is -2.44. The molecule has 2 aliphatic heterocycles. The van der Waals surface area contributed by atoms with Crippen LogP contribution in [0.1, 0.15) is 48.5 Å². The van der Waals surface area contributed by atoms with Crippen LogP contribution >= 0.6 is 0 Å². The maximum atomic E-state index is 14.2. The fraction of sp³-hybridized carbons (Fsp3) is 0.455. The van der Waals surface area contributed by atoms with Crippen LogP contribution in [0.5, 0.6) is 0 Å². The van der Waals surface area contributed by atoms with E-state index in [0.717, 1.165) is 6.07 Å². The highest BCUT2D eigenvalue weighted by Crippen LogP contribution is 2.45. The van der Waals surface area contributed by atoms with Gasteiger partial charge in [0.25, 0.3) is 17.4 Å². The van der Waals surface area contributed by atoms with Crippen molar-refractivity contribution < 1.29 is 35.9 Å². The van der Waals surface area contributed by atoms with Gasteiger partial charge in [0.05, 0.1) is 11.4 Å². The maximum absolute atomic E-state index is 14.2. The van der Waals surface area contributed by atoms with E-state index in [4.69, 9.17) is 10.2 Å². The average molecular weight is 514 g/mol. The molecule has 8 nitrogen and oxygen atoms in total. The monoisotopic (exact) mass is 514 g/mol. The molecule has 2 atom stereocenters. The molecule has 5 rings (SSSR count). The minimum Gasteiger partial charge on any atom is -0.415 e. The second-order valence-corrected chi connectivity index (χ2v) is 8.81. The molecule has 0 amide bonds. The molecule has 14 heteroatoms. The topological polar surface area (TPSA) is 114 Å². The summed E-state index contributed by atoms with van der Waals surface area (Å²) in [5, 5.41) is 17.7. The number of nitrogen functional groups attached to an aromatic ring is 1. The summed E-state index contributed by atoms with van der Waals surface area (Å²) in [6.45, 7) is 0.306. The summed E-state index contributed by atoms with van der Waals surface area (Å²) >= 11 is 0. The Bertz CT molecular complexity index is 1290. The van der Waals surface area contributed by atoms with E-state index in [1.54, 1.807) is 4.90 Å². The van der Waals surface area contributed by atoms with Crippen LogP contribution in [0, 0.1) is 0 Å². The smallest absolute Gasteiger partial charge is 0.415 e. The van der Waals surface area contributed by atoms with Crippen molar-refractivity contribution in [2.75, 3.05) is 17.2 Å². The first-order valence-corrected chi connectivity index (χ1v) is 11.1. The van der Waals surface area contributed by atoms with Crippen LogP contribution in [0.2, 0.25) is 0 Å². The van der Waals surface area contributed by atoms with Gasteiger partial charge in [0.2, 0.25) is 0 Å². The van der Waals surface area contributed by atoms with Crippen molar-refractivity contribution in [3.05, 3.63) is 47.1 Å². The number of hydrogen-bond acceptors (Lipinski definition) is 8. The number of fused-ring (bicyclic) bond motifs is 9. The average Bonchev–Trinajstić information content (AvgIpc) is 3.47. The molecule has 3 aromatic rings. The van der Waals surface area contributed by atoms with Gasteiger partial charge >= 0.3 is 12.4 Å². The molecule has 0 aromatic carbocycles. The summed E-state index contributed by atoms with van der Waals surface area (Å²) in [5.74, 6) is -2.33. The quantitative estimate of drug-likeness (QED) is 0.429. The van der Waals surface area contributed by atoms with Crippen LogP contribution < -0.4 is 10.6 Å². The third-order valence-corrected chi connectivity index (χ3v) is 6.48. The molecule has 5 heterocycles. The van der Waals surface area contributed by atoms with E-state index in [9.17, 15) is 31.4 Å². The predicted molar refractivity (Wildman–Crippen MR) is 114 cm³/mol. The Kier molecular flexibility index (Phi) is 5.61. The number of halogens is 6. The van der Waals surface area contributed by atoms with Crippen molar-refractivity contribution in [1.29, 1.82) is 0 Å². The van der Waals surface area contributed by atoms with Crippen LogP contribution in [0.15, 0.2) is 28.7 Å². The Morgan fingerprint density at radius 2 is 1.81 bits per heavy atom. The molecule has 192 valence electrons. The van der Waals surface area contributed by atoms with E-state index in [2.05, 4.69) is 20.2 Å². The first-order chi connectivity index (χ1) is 16.9. The van der Waals surface area contributed by atoms with Gasteiger partial charge in [-0.3, -0.25) is 4.98 Å². The number of anilines is 2. The zero-order valence-corrected chi connectivity index (χ0v) is 18.6. The number of alkyl halides is 6. The van der Waals surface area contributed by atoms with Gasteiger partial charge in [0.15, 0.2) is 5.69 Å². The molecule has 1 saturated heterocycles. The lowest BCUT2D eigenvalue weighted by molar-refractivity contribution is -0.257. The van der Waals surface area contributed by atoms with Crippen LogP contribution in [-0.4, -0.2) is 44.0 Å². The number of pyridine rings is 2. The van der Waals surface area contributed by atoms with E-state index < -0.39 is 58.2 Å². The minimum atomic E-state index is -5.32. The number of aromatic nitrogens is 4. The minimum absolute atomic E-state index is 0.244. The van der Waals surface area contributed by atoms with Gasteiger partial charge in [-0.2, -0.15) is 26.3 Å². The Labute approximate surface area is 200 Å². The van der Waals surface area contributed by atoms with Crippen molar-refractivity contribution >= 4 is 11.5 Å². The van der Waals surface area contributed by atoms with Crippen molar-refractivity contribution in [1.82, 2.24) is 20.2 Å². The van der Waals surface area contributed by atoms with Crippen LogP contribution in [0.3, 0.4) is 0 Å². The van der Waals surface area contributed by atoms with Gasteiger partial charge in [0.1, 0.15) is 11.4 Å². The van der Waals surface area contributed by atoms with Gasteiger partial charge in [0, 0.05) is 18.3 Å². The molecule has 0 radical (unpaired) electrons. The third-order valence-electron chi connectivity index (χ3n) is 6.48. The van der Waals surface area contributed by atoms with Gasteiger partial charge in [-0.25, -0.2) is 4.98 Å². The van der Waals surface area contributed by atoms with Gasteiger partial charge < -0.3 is 20.2 Å². The second-order valence-electron chi connectivity index (χ2n) is 8.81. The SMILES string of the molecule is Nc1cc(C(F)(F)F)c2nc1-c1nnc(o1)C(O)(C(F)(F)F)c1cccc(n1)CCC[C@@H]1CCCN21. The first kappa shape index (κ1) is 24.3. The Balaban J connectivity index is 1.75. The molecular weight excluding hydrogens is 494 g/mol. The number of aliphatic hydroxyl groups is 1. The molecule has 1 fully saturated rings. The molecule has 1 unspecified atom stereocenters. The van der Waals surface area contributed by atoms with E-state index in [0.29, 0.717) is 38.3 Å². The Hall–Kier alpha value is -3.42. The Morgan fingerprint density at radius 3 is 2.53 bits per heavy atom. The van der Waals surface area contributed by atoms with Crippen LogP contribution in [0.25, 0.3) is 11.6 Å². The second kappa shape index (κ2) is 8.32. The van der Waals surface area contributed by atoms with E-state index in [1.807, 2.05) is 0 Å². The fourth-order valence-electron chi connectivity index (χ4n) is 4.71. The van der Waals surface area contributed by atoms with Crippen molar-refractivity contribution in [3.63, 3.8) is 0 Å². The molecule has 0 spiro atoms. The van der Waals surface area contributed by atoms with Gasteiger partial charge in [-0.05, 0) is 50.3 Å². The molecular formula is C22H20F6N6O2. The number of hydrogen-bond donors (Lipinski definition) is 2. The fourth-order valence-corrected chi connectivity index (χ4v) is 4.71. The van der Waals surface area contributed by atoms with Gasteiger partial charge in [-0.15, -0.1) is 10.2 Å². The van der Waals surface area contributed by atoms with Crippen LogP contribution in [0.4, 0.5) is 37.8 Å². The van der Waals surface area contributed by atoms with Gasteiger partial charge in [-0.1, -0.05) is 6.07 Å². The van der Waals surface area contributed by atoms with Crippen LogP contribution in [-0.2, 0) is 18.2 Å². The zero-order chi connectivity index (χ0) is 25.9. The summed E-state index contributed by atoms with van der Waals surface area (Å²) in [6, 6.07) is 4.20. The normalized spacial score (nSPS) is 22.6. The lowest BCUT2D eigenvalue weighted by Gasteiger charge is -2.29. The van der Waals surface area contributed by atoms with E-state index >= 15 is 0 Å². The third kappa shape index (κ3) is 3.92. The standard InChI is InChI=1S/C22H20F6N6O2/c23-21(24,25)13-10-14(29)16-18-32-33-19(36-18)20(35,22(26,27)28)15-8-2-5-11(30-15)4-1-6-12-7-3-9-34(12)17(13)31-16/h2,5,8,10,12,35H,1,3-4,6-7,9,29H2/t12-,20?/m1/s1. The number of rotatable bonds is 0. The summed E-state index contributed by atoms with van der Waals surface area (Å²) < 4.78 is 89.5. The molecule has 36 heavy (non-hydrogen) atoms. The highest BCUT2D eigenvalue weighted by atomic mass is 19.4. The van der Waals surface area contributed by atoms with Crippen molar-refractivity contribution in [2.24, 2.45) is 0 Å². The lowest BCUT2D eigenvalue weighted by atomic mass is 9.97. The first-order valence-electron chi connectivity index (χ1n) is 11.1. The predicted octanol–water partition coefficient (Wildman–Crippen LogP) is 4.23. The molecule has 2 aliphatic rings. The number of nitrogens with two attached hydrogens (primary N) is 1. The van der Waals surface area contributed by atoms with Crippen molar-refractivity contribution in [2.45, 2.75) is 56.1 Å². The number of nitrogens with zero attached hydrogens (tertiary/aromatic N) is 5. The molecule has 0 aliphatic carbocycles. The Morgan fingerprint density at radius 1 is 1.06 bits per heavy atom. The van der Waals surface area contributed by atoms with Crippen molar-refractivity contribution in [3.8, 4) is 11.6 Å². The highest BCUT2D eigenvalue weighted by molar-refractivity contribution is 5.71. The summed E-state index contributed by atoms with van der Waals surface area (Å²) in [6.07, 6.45) is -7.71. The van der Waals surface area contributed by atoms with E-state index in [-0.39, 0.29) is 18.2 Å². The van der Waals surface area contributed by atoms with E-state index in [1.165, 1.54) is 12.1 Å². The summed E-state index contributed by atoms with van der Waals surface area (Å²) in [4.78, 5) is 9.63. The molecule has 3 aromatic heterocycles. The molecule has 0 saturated carbocycles. The molecule has 3 N–H and O–H groups in total. The highest BCUT2D eigenvalue weighted by Gasteiger charge is 2.61.